The summed E-state index contributed by atoms with van der Waals surface area (Å²) in [5.74, 6) is 0. The predicted octanol–water partition coefficient (Wildman–Crippen LogP) is 3.68. The van der Waals surface area contributed by atoms with Crippen molar-refractivity contribution in [3.8, 4) is 0 Å². The highest BCUT2D eigenvalue weighted by Gasteiger charge is 2.15. The molecule has 1 atom stereocenters. The first kappa shape index (κ1) is 14.9. The molecule has 0 aliphatic rings. The molecule has 0 spiro atoms. The summed E-state index contributed by atoms with van der Waals surface area (Å²) in [5.41, 5.74) is 2.67. The van der Waals surface area contributed by atoms with Gasteiger partial charge in [-0.25, -0.2) is 0 Å². The molecule has 0 heterocycles. The molecule has 1 aromatic rings. The summed E-state index contributed by atoms with van der Waals surface area (Å²) in [4.78, 5) is 0. The van der Waals surface area contributed by atoms with Gasteiger partial charge in [0.1, 0.15) is 0 Å². The first-order valence-corrected chi connectivity index (χ1v) is 7.24. The second kappa shape index (κ2) is 7.34. The molecule has 0 aliphatic carbocycles. The number of ether oxygens (including phenoxy) is 1. The van der Waals surface area contributed by atoms with Crippen LogP contribution in [0.5, 0.6) is 0 Å². The average molecular weight is 347 g/mol. The average Bonchev–Trinajstić information content (AvgIpc) is 2.28. The van der Waals surface area contributed by atoms with Crippen molar-refractivity contribution in [2.45, 2.75) is 39.8 Å². The van der Waals surface area contributed by atoms with Gasteiger partial charge in [-0.1, -0.05) is 25.1 Å². The molecule has 1 unspecified atom stereocenters. The molecule has 0 amide bonds. The summed E-state index contributed by atoms with van der Waals surface area (Å²) in [6.07, 6.45) is 0.277. The van der Waals surface area contributed by atoms with Gasteiger partial charge in [-0.15, -0.1) is 0 Å². The highest BCUT2D eigenvalue weighted by atomic mass is 127. The SMILES string of the molecule is CCNC(COC(C)C)c1cccc(C)c1I. The summed E-state index contributed by atoms with van der Waals surface area (Å²) in [6.45, 7) is 10.1. The Morgan fingerprint density at radius 2 is 2.06 bits per heavy atom. The zero-order chi connectivity index (χ0) is 12.8. The molecular formula is C14H22INO. The minimum Gasteiger partial charge on any atom is -0.377 e. The maximum absolute atomic E-state index is 5.74. The smallest absolute Gasteiger partial charge is 0.0665 e. The Kier molecular flexibility index (Phi) is 6.44. The highest BCUT2D eigenvalue weighted by Crippen LogP contribution is 2.23. The lowest BCUT2D eigenvalue weighted by Crippen LogP contribution is -2.27. The van der Waals surface area contributed by atoms with Crippen molar-refractivity contribution in [1.29, 1.82) is 0 Å². The molecule has 0 saturated heterocycles. The van der Waals surface area contributed by atoms with Gasteiger partial charge in [-0.3, -0.25) is 0 Å². The van der Waals surface area contributed by atoms with Crippen LogP contribution in [0.25, 0.3) is 0 Å². The van der Waals surface area contributed by atoms with Gasteiger partial charge in [0.15, 0.2) is 0 Å². The first-order valence-electron chi connectivity index (χ1n) is 6.16. The Hall–Kier alpha value is -0.130. The van der Waals surface area contributed by atoms with E-state index in [0.717, 1.165) is 13.2 Å². The minimum absolute atomic E-state index is 0.277. The quantitative estimate of drug-likeness (QED) is 0.793. The fourth-order valence-electron chi connectivity index (χ4n) is 1.73. The molecule has 1 aromatic carbocycles. The summed E-state index contributed by atoms with van der Waals surface area (Å²) < 4.78 is 7.08. The third-order valence-electron chi connectivity index (χ3n) is 2.64. The molecule has 0 aliphatic heterocycles. The number of hydrogen-bond acceptors (Lipinski definition) is 2. The highest BCUT2D eigenvalue weighted by molar-refractivity contribution is 14.1. The van der Waals surface area contributed by atoms with Crippen LogP contribution in [0, 0.1) is 10.5 Å². The van der Waals surface area contributed by atoms with E-state index in [1.807, 2.05) is 0 Å². The lowest BCUT2D eigenvalue weighted by molar-refractivity contribution is 0.0613. The molecule has 1 rings (SSSR count). The van der Waals surface area contributed by atoms with Crippen molar-refractivity contribution < 1.29 is 4.74 Å². The van der Waals surface area contributed by atoms with Gasteiger partial charge in [0, 0.05) is 3.57 Å². The van der Waals surface area contributed by atoms with Gasteiger partial charge in [0.25, 0.3) is 0 Å². The number of benzene rings is 1. The van der Waals surface area contributed by atoms with Crippen LogP contribution in [-0.4, -0.2) is 19.3 Å². The molecule has 2 nitrogen and oxygen atoms in total. The molecule has 3 heteroatoms. The Labute approximate surface area is 118 Å². The van der Waals surface area contributed by atoms with E-state index in [9.17, 15) is 0 Å². The van der Waals surface area contributed by atoms with Crippen molar-refractivity contribution >= 4 is 22.6 Å². The number of halogens is 1. The van der Waals surface area contributed by atoms with E-state index in [0.29, 0.717) is 0 Å². The lowest BCUT2D eigenvalue weighted by Gasteiger charge is -2.21. The standard InChI is InChI=1S/C14H22INO/c1-5-16-13(9-17-10(2)3)12-8-6-7-11(4)14(12)15/h6-8,10,13,16H,5,9H2,1-4H3. The Bertz CT molecular complexity index is 352. The summed E-state index contributed by atoms with van der Waals surface area (Å²) in [7, 11) is 0. The first-order chi connectivity index (χ1) is 8.06. The second-order valence-electron chi connectivity index (χ2n) is 4.47. The molecular weight excluding hydrogens is 325 g/mol. The van der Waals surface area contributed by atoms with Crippen molar-refractivity contribution in [2.24, 2.45) is 0 Å². The third-order valence-corrected chi connectivity index (χ3v) is 4.12. The molecule has 1 N–H and O–H groups in total. The van der Waals surface area contributed by atoms with Gasteiger partial charge in [0.2, 0.25) is 0 Å². The molecule has 0 bridgehead atoms. The van der Waals surface area contributed by atoms with Crippen LogP contribution in [0.15, 0.2) is 18.2 Å². The van der Waals surface area contributed by atoms with Gasteiger partial charge < -0.3 is 10.1 Å². The van der Waals surface area contributed by atoms with Crippen molar-refractivity contribution in [2.75, 3.05) is 13.2 Å². The van der Waals surface area contributed by atoms with E-state index in [4.69, 9.17) is 4.74 Å². The van der Waals surface area contributed by atoms with Crippen molar-refractivity contribution in [1.82, 2.24) is 5.32 Å². The number of likely N-dealkylation sites (N-methyl/N-ethyl adjacent to an activating group) is 1. The van der Waals surface area contributed by atoms with E-state index in [2.05, 4.69) is 73.8 Å². The number of rotatable bonds is 6. The third kappa shape index (κ3) is 4.56. The van der Waals surface area contributed by atoms with Gasteiger partial charge in [-0.2, -0.15) is 0 Å². The monoisotopic (exact) mass is 347 g/mol. The normalized spacial score (nSPS) is 13.1. The van der Waals surface area contributed by atoms with Crippen LogP contribution in [0.1, 0.15) is 37.9 Å². The summed E-state index contributed by atoms with van der Waals surface area (Å²) >= 11 is 2.42. The van der Waals surface area contributed by atoms with Crippen LogP contribution in [0.3, 0.4) is 0 Å². The number of hydrogen-bond donors (Lipinski definition) is 1. The van der Waals surface area contributed by atoms with Crippen molar-refractivity contribution in [3.05, 3.63) is 32.9 Å². The Balaban J connectivity index is 2.85. The molecule has 0 radical (unpaired) electrons. The molecule has 17 heavy (non-hydrogen) atoms. The van der Waals surface area contributed by atoms with Crippen LogP contribution in [0.4, 0.5) is 0 Å². The number of aryl methyl sites for hydroxylation is 1. The Morgan fingerprint density at radius 3 is 2.65 bits per heavy atom. The molecule has 96 valence electrons. The second-order valence-corrected chi connectivity index (χ2v) is 5.55. The maximum atomic E-state index is 5.74. The van der Waals surface area contributed by atoms with Crippen LogP contribution in [0.2, 0.25) is 0 Å². The summed E-state index contributed by atoms with van der Waals surface area (Å²) in [6, 6.07) is 6.74. The van der Waals surface area contributed by atoms with Crippen LogP contribution in [-0.2, 0) is 4.74 Å². The van der Waals surface area contributed by atoms with E-state index >= 15 is 0 Å². The fraction of sp³-hybridized carbons (Fsp3) is 0.571. The van der Waals surface area contributed by atoms with Crippen molar-refractivity contribution in [3.63, 3.8) is 0 Å². The topological polar surface area (TPSA) is 21.3 Å². The summed E-state index contributed by atoms with van der Waals surface area (Å²) in [5, 5.41) is 3.49. The zero-order valence-corrected chi connectivity index (χ0v) is 13.2. The molecule has 0 fully saturated rings. The number of nitrogens with one attached hydrogen (secondary N) is 1. The minimum atomic E-state index is 0.277. The van der Waals surface area contributed by atoms with Gasteiger partial charge in [-0.05, 0) is 61.0 Å². The van der Waals surface area contributed by atoms with E-state index < -0.39 is 0 Å². The predicted molar refractivity (Wildman–Crippen MR) is 81.4 cm³/mol. The zero-order valence-electron chi connectivity index (χ0n) is 11.1. The van der Waals surface area contributed by atoms with Crippen LogP contribution < -0.4 is 5.32 Å². The van der Waals surface area contributed by atoms with E-state index in [1.54, 1.807) is 0 Å². The largest absolute Gasteiger partial charge is 0.377 e. The fourth-order valence-corrected chi connectivity index (χ4v) is 2.47. The van der Waals surface area contributed by atoms with Crippen LogP contribution >= 0.6 is 22.6 Å². The molecule has 0 aromatic heterocycles. The van der Waals surface area contributed by atoms with Gasteiger partial charge >= 0.3 is 0 Å². The van der Waals surface area contributed by atoms with E-state index in [1.165, 1.54) is 14.7 Å². The molecule has 0 saturated carbocycles. The van der Waals surface area contributed by atoms with Gasteiger partial charge in [0.05, 0.1) is 18.8 Å². The maximum Gasteiger partial charge on any atom is 0.0665 e. The Morgan fingerprint density at radius 1 is 1.35 bits per heavy atom. The lowest BCUT2D eigenvalue weighted by atomic mass is 10.0. The van der Waals surface area contributed by atoms with E-state index in [-0.39, 0.29) is 12.1 Å².